The van der Waals surface area contributed by atoms with Crippen molar-refractivity contribution in [2.24, 2.45) is 23.7 Å². The van der Waals surface area contributed by atoms with E-state index in [-0.39, 0.29) is 6.67 Å². The third-order valence-electron chi connectivity index (χ3n) is 9.26. The second kappa shape index (κ2) is 14.4. The molecular formula is C31H43ClFN7. The van der Waals surface area contributed by atoms with Crippen molar-refractivity contribution in [1.82, 2.24) is 20.2 Å². The lowest BCUT2D eigenvalue weighted by molar-refractivity contribution is 0.0805. The summed E-state index contributed by atoms with van der Waals surface area (Å²) in [5, 5.41) is 21.1. The van der Waals surface area contributed by atoms with Gasteiger partial charge < -0.3 is 20.9 Å². The predicted molar refractivity (Wildman–Crippen MR) is 159 cm³/mol. The number of piperidine rings is 1. The van der Waals surface area contributed by atoms with Crippen LogP contribution < -0.4 is 16.0 Å². The van der Waals surface area contributed by atoms with Crippen molar-refractivity contribution in [3.8, 4) is 6.07 Å². The van der Waals surface area contributed by atoms with Gasteiger partial charge in [-0.05, 0) is 99.9 Å². The average Bonchev–Trinajstić information content (AvgIpc) is 2.98. The molecule has 2 bridgehead atoms. The van der Waals surface area contributed by atoms with E-state index in [1.54, 1.807) is 6.20 Å². The molecule has 216 valence electrons. The van der Waals surface area contributed by atoms with Crippen molar-refractivity contribution in [3.05, 3.63) is 46.6 Å². The predicted octanol–water partition coefficient (Wildman–Crippen LogP) is 5.88. The van der Waals surface area contributed by atoms with Gasteiger partial charge in [0.1, 0.15) is 17.5 Å². The lowest BCUT2D eigenvalue weighted by Crippen LogP contribution is -2.51. The van der Waals surface area contributed by atoms with E-state index in [1.807, 2.05) is 24.3 Å². The Balaban J connectivity index is 1.11. The maximum atomic E-state index is 12.5. The van der Waals surface area contributed by atoms with Gasteiger partial charge >= 0.3 is 0 Å². The highest BCUT2D eigenvalue weighted by Crippen LogP contribution is 2.43. The molecule has 40 heavy (non-hydrogen) atoms. The number of nitriles is 1. The fraction of sp³-hybridized carbons (Fsp3) is 0.645. The summed E-state index contributed by atoms with van der Waals surface area (Å²) in [6.07, 6.45) is 11.1. The van der Waals surface area contributed by atoms with Gasteiger partial charge in [-0.15, -0.1) is 0 Å². The third-order valence-corrected chi connectivity index (χ3v) is 9.63. The van der Waals surface area contributed by atoms with Crippen molar-refractivity contribution in [3.63, 3.8) is 0 Å². The van der Waals surface area contributed by atoms with Crippen molar-refractivity contribution in [1.29, 1.82) is 5.26 Å². The first kappa shape index (κ1) is 29.0. The Morgan fingerprint density at radius 1 is 1.02 bits per heavy atom. The van der Waals surface area contributed by atoms with Gasteiger partial charge in [0.2, 0.25) is 5.95 Å². The van der Waals surface area contributed by atoms with Crippen LogP contribution in [0.25, 0.3) is 0 Å². The maximum absolute atomic E-state index is 12.5. The van der Waals surface area contributed by atoms with Crippen LogP contribution in [0, 0.1) is 35.0 Å². The largest absolute Gasteiger partial charge is 0.369 e. The number of nitrogens with one attached hydrogen (secondary N) is 3. The van der Waals surface area contributed by atoms with Crippen LogP contribution in [-0.4, -0.2) is 60.3 Å². The number of alkyl halides is 1. The number of rotatable bonds is 12. The molecule has 1 saturated heterocycles. The zero-order chi connectivity index (χ0) is 27.7. The summed E-state index contributed by atoms with van der Waals surface area (Å²) >= 11 is 6.28. The molecule has 7 nitrogen and oxygen atoms in total. The molecular weight excluding hydrogens is 525 g/mol. The highest BCUT2D eigenvalue weighted by molar-refractivity contribution is 6.31. The molecule has 0 amide bonds. The lowest BCUT2D eigenvalue weighted by atomic mass is 9.64. The molecule has 3 fully saturated rings. The number of hydrogen-bond donors (Lipinski definition) is 3. The Morgan fingerprint density at radius 2 is 1.80 bits per heavy atom. The second-order valence-corrected chi connectivity index (χ2v) is 12.4. The van der Waals surface area contributed by atoms with Crippen LogP contribution in [0.1, 0.15) is 62.5 Å². The number of likely N-dealkylation sites (tertiary alicyclic amines) is 1. The quantitative estimate of drug-likeness (QED) is 0.295. The van der Waals surface area contributed by atoms with Crippen molar-refractivity contribution in [2.45, 2.75) is 64.0 Å². The van der Waals surface area contributed by atoms with E-state index in [4.69, 9.17) is 11.6 Å². The fourth-order valence-electron chi connectivity index (χ4n) is 7.11. The van der Waals surface area contributed by atoms with Gasteiger partial charge in [0.15, 0.2) is 0 Å². The zero-order valence-electron chi connectivity index (χ0n) is 23.4. The smallest absolute Gasteiger partial charge is 0.224 e. The number of fused-ring (bicyclic) bond motifs is 2. The van der Waals surface area contributed by atoms with Crippen LogP contribution in [0.4, 0.5) is 16.2 Å². The number of hydrogen-bond acceptors (Lipinski definition) is 7. The summed E-state index contributed by atoms with van der Waals surface area (Å²) in [5.41, 5.74) is 1.44. The van der Waals surface area contributed by atoms with Gasteiger partial charge in [-0.3, -0.25) is 4.39 Å². The van der Waals surface area contributed by atoms with Crippen LogP contribution >= 0.6 is 11.6 Å². The summed E-state index contributed by atoms with van der Waals surface area (Å²) < 4.78 is 12.5. The minimum absolute atomic E-state index is 0.205. The Kier molecular flexibility index (Phi) is 10.5. The molecule has 3 N–H and O–H groups in total. The van der Waals surface area contributed by atoms with E-state index in [0.29, 0.717) is 47.3 Å². The molecule has 3 aliphatic rings. The first-order valence-electron chi connectivity index (χ1n) is 15.1. The highest BCUT2D eigenvalue weighted by atomic mass is 35.5. The number of aromatic nitrogens is 2. The van der Waals surface area contributed by atoms with Gasteiger partial charge in [0, 0.05) is 30.7 Å². The topological polar surface area (TPSA) is 88.9 Å². The first-order valence-corrected chi connectivity index (χ1v) is 15.5. The molecule has 2 saturated carbocycles. The van der Waals surface area contributed by atoms with Crippen molar-refractivity contribution < 1.29 is 4.39 Å². The highest BCUT2D eigenvalue weighted by Gasteiger charge is 2.40. The van der Waals surface area contributed by atoms with Gasteiger partial charge in [0.05, 0.1) is 12.9 Å². The van der Waals surface area contributed by atoms with Gasteiger partial charge in [0.25, 0.3) is 0 Å². The maximum Gasteiger partial charge on any atom is 0.224 e. The normalized spacial score (nSPS) is 25.3. The van der Waals surface area contributed by atoms with E-state index in [9.17, 15) is 9.65 Å². The van der Waals surface area contributed by atoms with Gasteiger partial charge in [-0.1, -0.05) is 36.2 Å². The average molecular weight is 568 g/mol. The fourth-order valence-corrected chi connectivity index (χ4v) is 7.31. The zero-order valence-corrected chi connectivity index (χ0v) is 24.2. The summed E-state index contributed by atoms with van der Waals surface area (Å²) in [4.78, 5) is 11.4. The molecule has 2 heterocycles. The summed E-state index contributed by atoms with van der Waals surface area (Å²) in [5.74, 6) is 3.84. The molecule has 0 spiro atoms. The number of nitrogens with zero attached hydrogens (tertiary/aromatic N) is 4. The number of anilines is 2. The van der Waals surface area contributed by atoms with E-state index in [0.717, 1.165) is 56.0 Å². The van der Waals surface area contributed by atoms with E-state index in [1.165, 1.54) is 44.9 Å². The molecule has 5 rings (SSSR count). The van der Waals surface area contributed by atoms with Crippen LogP contribution in [0.3, 0.4) is 0 Å². The standard InChI is InChI=1S/C31H43ClFN7/c32-28-8-2-1-5-26(28)20-37-31-38-21-27(17-34)30(39-31)36-19-23-15-24-6-3-7-25(16-23)29(24)35-18-22-9-13-40(14-10-22)12-4-11-33/h1-2,5,8,21-25,29,35H,3-4,6-7,9-16,18-20H2,(H2,36,37,38,39)/t23?,24-,25+,29?. The molecule has 4 atom stereocenters. The molecule has 2 aliphatic carbocycles. The molecule has 1 aromatic carbocycles. The Morgan fingerprint density at radius 3 is 2.52 bits per heavy atom. The molecule has 9 heteroatoms. The van der Waals surface area contributed by atoms with Gasteiger partial charge in [-0.25, -0.2) is 4.98 Å². The minimum Gasteiger partial charge on any atom is -0.369 e. The van der Waals surface area contributed by atoms with Crippen LogP contribution in [-0.2, 0) is 6.54 Å². The lowest BCUT2D eigenvalue weighted by Gasteiger charge is -2.47. The first-order chi connectivity index (χ1) is 19.6. The minimum atomic E-state index is -0.205. The molecule has 1 aliphatic heterocycles. The Bertz CT molecular complexity index is 1120. The van der Waals surface area contributed by atoms with Crippen molar-refractivity contribution >= 4 is 23.4 Å². The Labute approximate surface area is 243 Å². The molecule has 1 aromatic heterocycles. The van der Waals surface area contributed by atoms with Crippen LogP contribution in [0.2, 0.25) is 5.02 Å². The third kappa shape index (κ3) is 7.63. The SMILES string of the molecule is N#Cc1cnc(NCc2ccccc2Cl)nc1NCC1C[C@H]2CCC[C@@H](C1)C2NCC1CCN(CCCF)CC1. The monoisotopic (exact) mass is 567 g/mol. The van der Waals surface area contributed by atoms with E-state index in [2.05, 4.69) is 36.9 Å². The Hall–Kier alpha value is -2.47. The van der Waals surface area contributed by atoms with E-state index < -0.39 is 0 Å². The second-order valence-electron chi connectivity index (χ2n) is 11.9. The van der Waals surface area contributed by atoms with Crippen molar-refractivity contribution in [2.75, 3.05) is 50.0 Å². The molecule has 2 unspecified atom stereocenters. The van der Waals surface area contributed by atoms with Crippen LogP contribution in [0.5, 0.6) is 0 Å². The van der Waals surface area contributed by atoms with Crippen LogP contribution in [0.15, 0.2) is 30.5 Å². The molecule has 2 aromatic rings. The molecule has 0 radical (unpaired) electrons. The van der Waals surface area contributed by atoms with E-state index >= 15 is 0 Å². The van der Waals surface area contributed by atoms with Gasteiger partial charge in [-0.2, -0.15) is 10.2 Å². The summed E-state index contributed by atoms with van der Waals surface area (Å²) in [6.45, 7) is 5.39. The summed E-state index contributed by atoms with van der Waals surface area (Å²) in [7, 11) is 0. The summed E-state index contributed by atoms with van der Waals surface area (Å²) in [6, 6.07) is 10.6. The number of benzene rings is 1. The number of halogens is 2.